The average molecular weight is 327 g/mol. The van der Waals surface area contributed by atoms with Gasteiger partial charge in [0.05, 0.1) is 0 Å². The zero-order chi connectivity index (χ0) is 16.9. The first kappa shape index (κ1) is 20.1. The Balaban J connectivity index is 2.94. The Morgan fingerprint density at radius 2 is 1.73 bits per heavy atom. The fraction of sp³-hybridized carbons (Fsp3) is 0.905. The summed E-state index contributed by atoms with van der Waals surface area (Å²) in [6, 6.07) is 0. The molecule has 0 amide bonds. The van der Waals surface area contributed by atoms with Crippen LogP contribution in [0.1, 0.15) is 80.1 Å². The molecule has 0 nitrogen and oxygen atoms in total. The lowest BCUT2D eigenvalue weighted by Crippen LogP contribution is -2.36. The van der Waals surface area contributed by atoms with Gasteiger partial charge in [-0.05, 0) is 60.7 Å². The van der Waals surface area contributed by atoms with E-state index < -0.39 is 0 Å². The maximum atomic E-state index is 6.20. The van der Waals surface area contributed by atoms with Gasteiger partial charge >= 0.3 is 0 Å². The maximum absolute atomic E-state index is 6.20. The van der Waals surface area contributed by atoms with Gasteiger partial charge in [0.15, 0.2) is 0 Å². The molecule has 0 bridgehead atoms. The van der Waals surface area contributed by atoms with Gasteiger partial charge in [-0.25, -0.2) is 0 Å². The third-order valence-corrected chi connectivity index (χ3v) is 6.15. The molecule has 4 atom stereocenters. The number of hydrogen-bond acceptors (Lipinski definition) is 0. The fourth-order valence-electron chi connectivity index (χ4n) is 5.25. The third kappa shape index (κ3) is 5.59. The Morgan fingerprint density at radius 3 is 2.18 bits per heavy atom. The van der Waals surface area contributed by atoms with Crippen molar-refractivity contribution in [2.45, 2.75) is 80.1 Å². The number of alkyl halides is 1. The van der Waals surface area contributed by atoms with Crippen LogP contribution in [0.25, 0.3) is 0 Å². The first-order valence-electron chi connectivity index (χ1n) is 9.47. The van der Waals surface area contributed by atoms with Crippen molar-refractivity contribution < 1.29 is 0 Å². The van der Waals surface area contributed by atoms with Crippen molar-refractivity contribution in [3.05, 3.63) is 12.2 Å². The van der Waals surface area contributed by atoms with Crippen molar-refractivity contribution in [1.82, 2.24) is 0 Å². The average Bonchev–Trinajstić information content (AvgIpc) is 2.43. The molecule has 0 spiro atoms. The molecule has 0 saturated heterocycles. The summed E-state index contributed by atoms with van der Waals surface area (Å²) in [4.78, 5) is 0. The maximum Gasteiger partial charge on any atom is 0.0433 e. The molecule has 1 saturated carbocycles. The predicted octanol–water partition coefficient (Wildman–Crippen LogP) is 7.32. The summed E-state index contributed by atoms with van der Waals surface area (Å²) in [7, 11) is 0. The Bertz CT molecular complexity index is 342. The van der Waals surface area contributed by atoms with E-state index in [0.717, 1.165) is 23.7 Å². The van der Waals surface area contributed by atoms with Crippen LogP contribution in [0.4, 0.5) is 0 Å². The van der Waals surface area contributed by atoms with E-state index in [2.05, 4.69) is 48.1 Å². The smallest absolute Gasteiger partial charge is 0.0433 e. The van der Waals surface area contributed by atoms with Crippen molar-refractivity contribution in [1.29, 1.82) is 0 Å². The summed E-state index contributed by atoms with van der Waals surface area (Å²) in [6.45, 7) is 18.7. The molecule has 22 heavy (non-hydrogen) atoms. The topological polar surface area (TPSA) is 0 Å². The molecule has 0 aromatic heterocycles. The largest absolute Gasteiger partial charge is 0.122 e. The lowest BCUT2D eigenvalue weighted by Gasteiger charge is -2.45. The van der Waals surface area contributed by atoms with Crippen molar-refractivity contribution in [2.75, 3.05) is 5.88 Å². The monoisotopic (exact) mass is 326 g/mol. The van der Waals surface area contributed by atoms with E-state index in [-0.39, 0.29) is 0 Å². The van der Waals surface area contributed by atoms with Crippen molar-refractivity contribution in [3.63, 3.8) is 0 Å². The van der Waals surface area contributed by atoms with Gasteiger partial charge in [0.25, 0.3) is 0 Å². The van der Waals surface area contributed by atoms with Gasteiger partial charge in [0.1, 0.15) is 0 Å². The molecule has 4 unspecified atom stereocenters. The van der Waals surface area contributed by atoms with Gasteiger partial charge in [-0.1, -0.05) is 66.5 Å². The third-order valence-electron chi connectivity index (χ3n) is 5.81. The van der Waals surface area contributed by atoms with Gasteiger partial charge < -0.3 is 0 Å². The van der Waals surface area contributed by atoms with E-state index in [1.165, 1.54) is 44.1 Å². The Labute approximate surface area is 145 Å². The van der Waals surface area contributed by atoms with E-state index in [1.807, 2.05) is 0 Å². The molecule has 1 rings (SSSR count). The second-order valence-electron chi connectivity index (χ2n) is 8.96. The molecule has 130 valence electrons. The summed E-state index contributed by atoms with van der Waals surface area (Å²) < 4.78 is 0. The summed E-state index contributed by atoms with van der Waals surface area (Å²) >= 11 is 6.20. The second kappa shape index (κ2) is 8.76. The van der Waals surface area contributed by atoms with Crippen LogP contribution < -0.4 is 0 Å². The molecular weight excluding hydrogens is 288 g/mol. The first-order chi connectivity index (χ1) is 10.2. The number of halogens is 1. The van der Waals surface area contributed by atoms with Crippen LogP contribution in [-0.2, 0) is 0 Å². The Morgan fingerprint density at radius 1 is 1.14 bits per heavy atom. The van der Waals surface area contributed by atoms with Crippen LogP contribution in [0.3, 0.4) is 0 Å². The highest BCUT2D eigenvalue weighted by Crippen LogP contribution is 2.49. The minimum Gasteiger partial charge on any atom is -0.122 e. The van der Waals surface area contributed by atoms with Crippen LogP contribution in [-0.4, -0.2) is 5.88 Å². The molecule has 1 aliphatic carbocycles. The summed E-state index contributed by atoms with van der Waals surface area (Å²) in [5.74, 6) is 4.55. The molecule has 1 fully saturated rings. The van der Waals surface area contributed by atoms with Gasteiger partial charge in [0.2, 0.25) is 0 Å². The van der Waals surface area contributed by atoms with Crippen LogP contribution in [0.15, 0.2) is 12.2 Å². The van der Waals surface area contributed by atoms with E-state index in [1.54, 1.807) is 0 Å². The predicted molar refractivity (Wildman–Crippen MR) is 101 cm³/mol. The zero-order valence-corrected chi connectivity index (χ0v) is 16.7. The van der Waals surface area contributed by atoms with E-state index in [4.69, 9.17) is 11.6 Å². The quantitative estimate of drug-likeness (QED) is 0.323. The van der Waals surface area contributed by atoms with Crippen molar-refractivity contribution >= 4 is 11.6 Å². The number of allylic oxidation sites excluding steroid dienone is 1. The molecule has 1 aliphatic rings. The Kier molecular flexibility index (Phi) is 8.00. The van der Waals surface area contributed by atoms with Gasteiger partial charge in [-0.2, -0.15) is 0 Å². The van der Waals surface area contributed by atoms with E-state index in [0.29, 0.717) is 17.2 Å². The number of rotatable bonds is 8. The Hall–Kier alpha value is 0.0300. The van der Waals surface area contributed by atoms with Crippen molar-refractivity contribution in [3.8, 4) is 0 Å². The normalized spacial score (nSPS) is 29.8. The van der Waals surface area contributed by atoms with Crippen LogP contribution in [0.5, 0.6) is 0 Å². The fourth-order valence-corrected chi connectivity index (χ4v) is 5.43. The van der Waals surface area contributed by atoms with Crippen LogP contribution >= 0.6 is 11.6 Å². The molecule has 0 N–H and O–H groups in total. The molecular formula is C21H39Cl. The lowest BCUT2D eigenvalue weighted by atomic mass is 9.60. The highest BCUT2D eigenvalue weighted by atomic mass is 35.5. The summed E-state index contributed by atoms with van der Waals surface area (Å²) in [5.41, 5.74) is 1.73. The van der Waals surface area contributed by atoms with E-state index >= 15 is 0 Å². The summed E-state index contributed by atoms with van der Waals surface area (Å²) in [5, 5.41) is 0. The lowest BCUT2D eigenvalue weighted by molar-refractivity contribution is 0.0797. The van der Waals surface area contributed by atoms with Crippen LogP contribution in [0, 0.1) is 35.0 Å². The molecule has 0 heterocycles. The zero-order valence-electron chi connectivity index (χ0n) is 15.9. The van der Waals surface area contributed by atoms with Crippen molar-refractivity contribution in [2.24, 2.45) is 35.0 Å². The SMILES string of the molecule is C=C(CCl)C1C(CC)CC(CC)CC1CC(C)(C)CC(C)C. The second-order valence-corrected chi connectivity index (χ2v) is 9.23. The van der Waals surface area contributed by atoms with E-state index in [9.17, 15) is 0 Å². The molecule has 0 radical (unpaired) electrons. The highest BCUT2D eigenvalue weighted by Gasteiger charge is 2.39. The number of hydrogen-bond donors (Lipinski definition) is 0. The first-order valence-corrected chi connectivity index (χ1v) is 10.0. The van der Waals surface area contributed by atoms with Crippen LogP contribution in [0.2, 0.25) is 0 Å². The minimum absolute atomic E-state index is 0.428. The van der Waals surface area contributed by atoms with Gasteiger partial charge in [0, 0.05) is 5.88 Å². The highest BCUT2D eigenvalue weighted by molar-refractivity contribution is 6.19. The minimum atomic E-state index is 0.428. The van der Waals surface area contributed by atoms with Gasteiger partial charge in [-0.3, -0.25) is 0 Å². The molecule has 0 aromatic carbocycles. The molecule has 0 aromatic rings. The molecule has 1 heteroatoms. The summed E-state index contributed by atoms with van der Waals surface area (Å²) in [6.07, 6.45) is 8.02. The molecule has 0 aliphatic heterocycles. The van der Waals surface area contributed by atoms with Gasteiger partial charge in [-0.15, -0.1) is 11.6 Å². The standard InChI is InChI=1S/C21H39Cl/c1-8-17-10-18(9-2)20(16(5)14-22)19(11-17)13-21(6,7)12-15(3)4/h15,17-20H,5,8-14H2,1-4,6-7H3.